The molecule has 266 valence electrons. The van der Waals surface area contributed by atoms with Crippen molar-refractivity contribution in [2.24, 2.45) is 0 Å². The number of nitrogens with zero attached hydrogens (tertiary/aromatic N) is 9. The highest BCUT2D eigenvalue weighted by atomic mass is 15.3. The average Bonchev–Trinajstić information content (AvgIpc) is 3.93. The van der Waals surface area contributed by atoms with Crippen molar-refractivity contribution >= 4 is 65.4 Å². The molecule has 6 heterocycles. The second-order valence-electron chi connectivity index (χ2n) is 14.0. The summed E-state index contributed by atoms with van der Waals surface area (Å²) in [6.07, 6.45) is 3.47. The highest BCUT2D eigenvalue weighted by Crippen LogP contribution is 2.40. The topological polar surface area (TPSA) is 92.1 Å². The van der Waals surface area contributed by atoms with Gasteiger partial charge in [0, 0.05) is 44.7 Å². The highest BCUT2D eigenvalue weighted by Gasteiger charge is 2.24. The fourth-order valence-electron chi connectivity index (χ4n) is 8.48. The smallest absolute Gasteiger partial charge is 0.240 e. The molecule has 12 rings (SSSR count). The van der Waals surface area contributed by atoms with Crippen molar-refractivity contribution in [1.29, 1.82) is 0 Å². The summed E-state index contributed by atoms with van der Waals surface area (Å²) in [6.45, 7) is 0. The minimum atomic E-state index is 0.414. The molecule has 0 aliphatic carbocycles. The summed E-state index contributed by atoms with van der Waals surface area (Å²) < 4.78 is 6.68. The van der Waals surface area contributed by atoms with Crippen LogP contribution in [0.5, 0.6) is 0 Å². The molecule has 57 heavy (non-hydrogen) atoms. The van der Waals surface area contributed by atoms with Gasteiger partial charge in [-0.3, -0.25) is 14.1 Å². The molecule has 0 unspecified atom stereocenters. The Kier molecular flexibility index (Phi) is 6.73. The number of fused-ring (bicyclic) bond motifs is 9. The number of aromatic nitrogens is 9. The first-order chi connectivity index (χ1) is 28.3. The van der Waals surface area contributed by atoms with Gasteiger partial charge in [-0.1, -0.05) is 109 Å². The first kappa shape index (κ1) is 31.3. The van der Waals surface area contributed by atoms with Gasteiger partial charge >= 0.3 is 0 Å². The Morgan fingerprint density at radius 2 is 0.789 bits per heavy atom. The van der Waals surface area contributed by atoms with Crippen LogP contribution in [-0.2, 0) is 0 Å². The van der Waals surface area contributed by atoms with Crippen molar-refractivity contribution in [3.8, 4) is 40.6 Å². The van der Waals surface area contributed by atoms with Crippen LogP contribution in [0.4, 0.5) is 0 Å². The van der Waals surface area contributed by atoms with Crippen LogP contribution < -0.4 is 0 Å². The molecule has 0 aliphatic rings. The highest BCUT2D eigenvalue weighted by molar-refractivity contribution is 6.15. The minimum absolute atomic E-state index is 0.414. The van der Waals surface area contributed by atoms with E-state index in [1.54, 1.807) is 12.4 Å². The molecule has 0 aliphatic heterocycles. The summed E-state index contributed by atoms with van der Waals surface area (Å²) >= 11 is 0. The van der Waals surface area contributed by atoms with E-state index in [1.807, 2.05) is 24.3 Å². The molecule has 0 saturated heterocycles. The lowest BCUT2D eigenvalue weighted by Crippen LogP contribution is -2.11. The largest absolute Gasteiger partial charge is 0.307 e. The molecule has 9 heteroatoms. The molecule has 0 saturated carbocycles. The molecule has 12 aromatic rings. The van der Waals surface area contributed by atoms with Gasteiger partial charge in [-0.25, -0.2) is 9.97 Å². The maximum atomic E-state index is 5.41. The van der Waals surface area contributed by atoms with E-state index in [4.69, 9.17) is 19.9 Å². The van der Waals surface area contributed by atoms with E-state index in [1.165, 1.54) is 10.8 Å². The third-order valence-corrected chi connectivity index (χ3v) is 10.9. The summed E-state index contributed by atoms with van der Waals surface area (Å²) in [5.74, 6) is 1.84. The number of benzene rings is 6. The lowest BCUT2D eigenvalue weighted by molar-refractivity contribution is 0.887. The molecule has 9 nitrogen and oxygen atoms in total. The van der Waals surface area contributed by atoms with Crippen LogP contribution in [0.3, 0.4) is 0 Å². The zero-order chi connectivity index (χ0) is 37.5. The zero-order valence-corrected chi connectivity index (χ0v) is 30.3. The molecule has 6 aromatic carbocycles. The van der Waals surface area contributed by atoms with E-state index in [0.717, 1.165) is 60.3 Å². The molecular formula is C48H29N9. The summed E-state index contributed by atoms with van der Waals surface area (Å²) in [5.41, 5.74) is 8.41. The Morgan fingerprint density at radius 3 is 1.37 bits per heavy atom. The van der Waals surface area contributed by atoms with Gasteiger partial charge < -0.3 is 4.57 Å². The number of para-hydroxylation sites is 6. The molecule has 0 amide bonds. The van der Waals surface area contributed by atoms with Crippen molar-refractivity contribution < 1.29 is 0 Å². The summed E-state index contributed by atoms with van der Waals surface area (Å²) in [4.78, 5) is 30.0. The summed E-state index contributed by atoms with van der Waals surface area (Å²) in [5, 5.41) is 6.79. The van der Waals surface area contributed by atoms with Gasteiger partial charge in [-0.05, 0) is 54.6 Å². The van der Waals surface area contributed by atoms with Crippen LogP contribution in [0.2, 0.25) is 0 Å². The Hall–Kier alpha value is -8.04. The van der Waals surface area contributed by atoms with Gasteiger partial charge in [-0.2, -0.15) is 15.0 Å². The minimum Gasteiger partial charge on any atom is -0.307 e. The molecule has 0 atom stereocenters. The van der Waals surface area contributed by atoms with Crippen LogP contribution in [0.15, 0.2) is 176 Å². The van der Waals surface area contributed by atoms with E-state index in [2.05, 4.69) is 163 Å². The number of rotatable bonds is 5. The summed E-state index contributed by atoms with van der Waals surface area (Å²) in [6, 6.07) is 56.5. The van der Waals surface area contributed by atoms with Crippen LogP contribution in [0.25, 0.3) is 106 Å². The van der Waals surface area contributed by atoms with E-state index in [9.17, 15) is 0 Å². The van der Waals surface area contributed by atoms with E-state index in [-0.39, 0.29) is 0 Å². The van der Waals surface area contributed by atoms with Gasteiger partial charge in [0.05, 0.1) is 38.8 Å². The van der Waals surface area contributed by atoms with Gasteiger partial charge in [0.2, 0.25) is 11.9 Å². The molecule has 0 bridgehead atoms. The second kappa shape index (κ2) is 12.2. The van der Waals surface area contributed by atoms with Crippen LogP contribution >= 0.6 is 0 Å². The first-order valence-electron chi connectivity index (χ1n) is 18.8. The SMILES string of the molecule is c1ccc(-c2nccc(-c3nc(-n4c5ccccc5c5ccccc54)nc(-n4c5ccccc5c5cccc(-n6c7ccccc7c7ccccc76)c54)n3)n2)nc1. The Labute approximate surface area is 324 Å². The maximum Gasteiger partial charge on any atom is 0.240 e. The predicted molar refractivity (Wildman–Crippen MR) is 227 cm³/mol. The van der Waals surface area contributed by atoms with Crippen molar-refractivity contribution in [2.45, 2.75) is 0 Å². The third-order valence-electron chi connectivity index (χ3n) is 10.9. The fraction of sp³-hybridized carbons (Fsp3) is 0. The monoisotopic (exact) mass is 731 g/mol. The van der Waals surface area contributed by atoms with E-state index < -0.39 is 0 Å². The number of hydrogen-bond donors (Lipinski definition) is 0. The normalized spacial score (nSPS) is 11.9. The first-order valence-corrected chi connectivity index (χ1v) is 18.8. The van der Waals surface area contributed by atoms with Crippen LogP contribution in [0, 0.1) is 0 Å². The zero-order valence-electron chi connectivity index (χ0n) is 30.3. The molecule has 0 radical (unpaired) electrons. The maximum absolute atomic E-state index is 5.41. The fourth-order valence-corrected chi connectivity index (χ4v) is 8.48. The van der Waals surface area contributed by atoms with Crippen molar-refractivity contribution in [3.63, 3.8) is 0 Å². The number of hydrogen-bond acceptors (Lipinski definition) is 6. The van der Waals surface area contributed by atoms with Crippen LogP contribution in [0.1, 0.15) is 0 Å². The van der Waals surface area contributed by atoms with Crippen LogP contribution in [-0.4, -0.2) is 43.6 Å². The predicted octanol–water partition coefficient (Wildman–Crippen LogP) is 10.7. The Balaban J connectivity index is 1.21. The molecule has 0 fully saturated rings. The van der Waals surface area contributed by atoms with Crippen molar-refractivity contribution in [1.82, 2.24) is 43.6 Å². The van der Waals surface area contributed by atoms with Crippen molar-refractivity contribution in [2.75, 3.05) is 0 Å². The quantitative estimate of drug-likeness (QED) is 0.175. The lowest BCUT2D eigenvalue weighted by Gasteiger charge is -2.15. The van der Waals surface area contributed by atoms with Gasteiger partial charge in [0.15, 0.2) is 11.6 Å². The number of pyridine rings is 1. The third kappa shape index (κ3) is 4.69. The van der Waals surface area contributed by atoms with E-state index in [0.29, 0.717) is 34.9 Å². The van der Waals surface area contributed by atoms with E-state index >= 15 is 0 Å². The Morgan fingerprint density at radius 1 is 0.298 bits per heavy atom. The van der Waals surface area contributed by atoms with Gasteiger partial charge in [0.25, 0.3) is 0 Å². The van der Waals surface area contributed by atoms with Gasteiger partial charge in [-0.15, -0.1) is 0 Å². The standard InChI is InChI=1S/C48H29N9/c1-6-21-38-30(14-1)31-15-2-7-22-39(31)55(38)43-26-13-19-35-34-18-5-10-25-42(34)57(44(35)43)48-53-46(37-27-29-50-45(51-37)36-20-11-12-28-49-36)52-47(54-48)56-40-23-8-3-16-32(40)33-17-4-9-24-41(33)56/h1-29H. The van der Waals surface area contributed by atoms with Crippen molar-refractivity contribution in [3.05, 3.63) is 176 Å². The molecule has 6 aromatic heterocycles. The molecule has 0 spiro atoms. The molecule has 0 N–H and O–H groups in total. The Bertz CT molecular complexity index is 3440. The second-order valence-corrected chi connectivity index (χ2v) is 14.0. The summed E-state index contributed by atoms with van der Waals surface area (Å²) in [7, 11) is 0. The molecular weight excluding hydrogens is 703 g/mol. The van der Waals surface area contributed by atoms with Gasteiger partial charge in [0.1, 0.15) is 11.4 Å². The average molecular weight is 732 g/mol. The lowest BCUT2D eigenvalue weighted by atomic mass is 10.1.